The van der Waals surface area contributed by atoms with Crippen LogP contribution in [0.15, 0.2) is 24.8 Å². The van der Waals surface area contributed by atoms with Crippen LogP contribution in [0, 0.1) is 0 Å². The number of carbonyl (C=O) groups is 1. The van der Waals surface area contributed by atoms with Gasteiger partial charge in [0.25, 0.3) is 0 Å². The molecule has 0 aromatic heterocycles. The van der Waals surface area contributed by atoms with Crippen LogP contribution >= 0.6 is 0 Å². The Balaban J connectivity index is 3.32. The van der Waals surface area contributed by atoms with E-state index in [-0.39, 0.29) is 0 Å². The molecule has 17 heavy (non-hydrogen) atoms. The summed E-state index contributed by atoms with van der Waals surface area (Å²) in [5.41, 5.74) is 1.41. The topological polar surface area (TPSA) is 55.8 Å². The summed E-state index contributed by atoms with van der Waals surface area (Å²) in [6.45, 7) is 3.69. The lowest BCUT2D eigenvalue weighted by Crippen LogP contribution is -1.95. The van der Waals surface area contributed by atoms with Crippen molar-refractivity contribution in [3.63, 3.8) is 0 Å². The predicted octanol–water partition coefficient (Wildman–Crippen LogP) is 2.44. The summed E-state index contributed by atoms with van der Waals surface area (Å²) >= 11 is 0. The fourth-order valence-electron chi connectivity index (χ4n) is 1.48. The molecule has 0 unspecified atom stereocenters. The van der Waals surface area contributed by atoms with Crippen molar-refractivity contribution < 1.29 is 19.4 Å². The number of methoxy groups -OCH3 is 2. The van der Waals surface area contributed by atoms with Crippen molar-refractivity contribution in [2.75, 3.05) is 14.2 Å². The maximum Gasteiger partial charge on any atom is 0.328 e. The molecule has 0 spiro atoms. The zero-order valence-corrected chi connectivity index (χ0v) is 9.77. The number of carboxylic acid groups (broad SMARTS) is 1. The molecule has 0 bridgehead atoms. The maximum atomic E-state index is 10.5. The van der Waals surface area contributed by atoms with Crippen LogP contribution in [0.3, 0.4) is 0 Å². The molecule has 0 aliphatic heterocycles. The van der Waals surface area contributed by atoms with Gasteiger partial charge in [-0.3, -0.25) is 0 Å². The molecule has 0 saturated heterocycles. The molecule has 1 rings (SSSR count). The van der Waals surface area contributed by atoms with Crippen LogP contribution in [-0.4, -0.2) is 25.3 Å². The second-order valence-corrected chi connectivity index (χ2v) is 3.18. The summed E-state index contributed by atoms with van der Waals surface area (Å²) in [4.78, 5) is 10.5. The number of carboxylic acids is 1. The van der Waals surface area contributed by atoms with E-state index in [0.717, 1.165) is 6.08 Å². The van der Waals surface area contributed by atoms with Gasteiger partial charge in [-0.25, -0.2) is 4.79 Å². The lowest BCUT2D eigenvalue weighted by Gasteiger charge is -2.12. The lowest BCUT2D eigenvalue weighted by atomic mass is 10.0. The van der Waals surface area contributed by atoms with Crippen LogP contribution in [-0.2, 0) is 4.79 Å². The number of ether oxygens (including phenoxy) is 2. The van der Waals surface area contributed by atoms with Gasteiger partial charge in [-0.15, -0.1) is 0 Å². The number of hydrogen-bond donors (Lipinski definition) is 1. The van der Waals surface area contributed by atoms with Crippen molar-refractivity contribution in [3.05, 3.63) is 35.9 Å². The average molecular weight is 234 g/mol. The summed E-state index contributed by atoms with van der Waals surface area (Å²) in [5.74, 6) is 0.111. The molecule has 1 N–H and O–H groups in total. The van der Waals surface area contributed by atoms with Gasteiger partial charge in [0, 0.05) is 11.6 Å². The predicted molar refractivity (Wildman–Crippen MR) is 66.3 cm³/mol. The van der Waals surface area contributed by atoms with Crippen LogP contribution in [0.25, 0.3) is 12.2 Å². The molecule has 0 aliphatic rings. The second-order valence-electron chi connectivity index (χ2n) is 3.18. The first-order valence-corrected chi connectivity index (χ1v) is 4.92. The Morgan fingerprint density at radius 3 is 2.53 bits per heavy atom. The minimum atomic E-state index is -1.00. The first-order chi connectivity index (χ1) is 8.13. The molecule has 4 nitrogen and oxygen atoms in total. The van der Waals surface area contributed by atoms with Crippen LogP contribution in [0.5, 0.6) is 11.5 Å². The van der Waals surface area contributed by atoms with E-state index in [1.165, 1.54) is 20.3 Å². The van der Waals surface area contributed by atoms with Gasteiger partial charge in [-0.1, -0.05) is 18.7 Å². The van der Waals surface area contributed by atoms with Gasteiger partial charge in [0.1, 0.15) is 0 Å². The first-order valence-electron chi connectivity index (χ1n) is 4.92. The molecule has 0 radical (unpaired) electrons. The summed E-state index contributed by atoms with van der Waals surface area (Å²) in [7, 11) is 3.06. The molecule has 0 saturated carbocycles. The Morgan fingerprint density at radius 1 is 1.35 bits per heavy atom. The molecular formula is C13H14O4. The van der Waals surface area contributed by atoms with Crippen molar-refractivity contribution in [3.8, 4) is 11.5 Å². The molecule has 0 amide bonds. The highest BCUT2D eigenvalue weighted by Crippen LogP contribution is 2.34. The Hall–Kier alpha value is -2.23. The van der Waals surface area contributed by atoms with Gasteiger partial charge in [0.2, 0.25) is 0 Å². The zero-order chi connectivity index (χ0) is 12.8. The average Bonchev–Trinajstić information content (AvgIpc) is 2.34. The van der Waals surface area contributed by atoms with E-state index in [0.29, 0.717) is 22.6 Å². The third-order valence-corrected chi connectivity index (χ3v) is 2.23. The molecular weight excluding hydrogens is 220 g/mol. The van der Waals surface area contributed by atoms with Crippen LogP contribution < -0.4 is 9.47 Å². The van der Waals surface area contributed by atoms with Crippen LogP contribution in [0.4, 0.5) is 0 Å². The van der Waals surface area contributed by atoms with Gasteiger partial charge in [0.05, 0.1) is 14.2 Å². The van der Waals surface area contributed by atoms with Gasteiger partial charge >= 0.3 is 5.97 Å². The van der Waals surface area contributed by atoms with E-state index in [9.17, 15) is 4.79 Å². The highest BCUT2D eigenvalue weighted by atomic mass is 16.5. The summed E-state index contributed by atoms with van der Waals surface area (Å²) in [5, 5.41) is 8.60. The minimum Gasteiger partial charge on any atom is -0.493 e. The Kier molecular flexibility index (Phi) is 4.34. The Bertz CT molecular complexity index is 461. The van der Waals surface area contributed by atoms with Crippen molar-refractivity contribution in [1.82, 2.24) is 0 Å². The largest absolute Gasteiger partial charge is 0.493 e. The molecule has 0 heterocycles. The monoisotopic (exact) mass is 234 g/mol. The molecule has 0 atom stereocenters. The van der Waals surface area contributed by atoms with Gasteiger partial charge in [-0.05, 0) is 17.7 Å². The molecule has 4 heteroatoms. The van der Waals surface area contributed by atoms with E-state index in [1.807, 2.05) is 0 Å². The standard InChI is InChI=1S/C13H14O4/c1-4-10-9(6-8-12(14)15)5-7-11(16-2)13(10)17-3/h4-8H,1H2,2-3H3,(H,14,15). The fraction of sp³-hybridized carbons (Fsp3) is 0.154. The van der Waals surface area contributed by atoms with Gasteiger partial charge in [0.15, 0.2) is 11.5 Å². The van der Waals surface area contributed by atoms with Crippen molar-refractivity contribution in [2.45, 2.75) is 0 Å². The van der Waals surface area contributed by atoms with Crippen molar-refractivity contribution in [2.24, 2.45) is 0 Å². The third kappa shape index (κ3) is 2.87. The van der Waals surface area contributed by atoms with E-state index >= 15 is 0 Å². The third-order valence-electron chi connectivity index (χ3n) is 2.23. The number of rotatable bonds is 5. The first kappa shape index (κ1) is 12.8. The molecule has 0 fully saturated rings. The summed E-state index contributed by atoms with van der Waals surface area (Å²) in [6.07, 6.45) is 4.15. The zero-order valence-electron chi connectivity index (χ0n) is 9.77. The molecule has 90 valence electrons. The van der Waals surface area contributed by atoms with Gasteiger partial charge < -0.3 is 14.6 Å². The molecule has 1 aromatic rings. The Labute approximate surface area is 99.8 Å². The van der Waals surface area contributed by atoms with Gasteiger partial charge in [-0.2, -0.15) is 0 Å². The quantitative estimate of drug-likeness (QED) is 0.795. The maximum absolute atomic E-state index is 10.5. The smallest absolute Gasteiger partial charge is 0.328 e. The number of benzene rings is 1. The SMILES string of the molecule is C=Cc1c(C=CC(=O)O)ccc(OC)c1OC. The Morgan fingerprint density at radius 2 is 2.06 bits per heavy atom. The van der Waals surface area contributed by atoms with Crippen LogP contribution in [0.1, 0.15) is 11.1 Å². The van der Waals surface area contributed by atoms with E-state index in [4.69, 9.17) is 14.6 Å². The molecule has 1 aromatic carbocycles. The normalized spacial score (nSPS) is 10.2. The van der Waals surface area contributed by atoms with E-state index < -0.39 is 5.97 Å². The minimum absolute atomic E-state index is 0.537. The van der Waals surface area contributed by atoms with E-state index in [2.05, 4.69) is 6.58 Å². The van der Waals surface area contributed by atoms with E-state index in [1.54, 1.807) is 18.2 Å². The van der Waals surface area contributed by atoms with Crippen LogP contribution in [0.2, 0.25) is 0 Å². The lowest BCUT2D eigenvalue weighted by molar-refractivity contribution is -0.131. The highest BCUT2D eigenvalue weighted by molar-refractivity contribution is 5.87. The fourth-order valence-corrected chi connectivity index (χ4v) is 1.48. The van der Waals surface area contributed by atoms with Crippen molar-refractivity contribution in [1.29, 1.82) is 0 Å². The molecule has 0 aliphatic carbocycles. The second kappa shape index (κ2) is 5.75. The number of aliphatic carboxylic acids is 1. The summed E-state index contributed by atoms with van der Waals surface area (Å²) < 4.78 is 10.4. The van der Waals surface area contributed by atoms with Crippen molar-refractivity contribution >= 4 is 18.1 Å². The summed E-state index contributed by atoms with van der Waals surface area (Å²) in [6, 6.07) is 3.46. The number of hydrogen-bond acceptors (Lipinski definition) is 3. The highest BCUT2D eigenvalue weighted by Gasteiger charge is 2.10.